The Kier molecular flexibility index (Phi) is 5.34. The molecule has 0 radical (unpaired) electrons. The topological polar surface area (TPSA) is 72.3 Å². The van der Waals surface area contributed by atoms with Crippen LogP contribution in [0, 0.1) is 0 Å². The molecule has 7 heteroatoms. The van der Waals surface area contributed by atoms with E-state index in [1.807, 2.05) is 36.5 Å². The van der Waals surface area contributed by atoms with Gasteiger partial charge in [-0.15, -0.1) is 0 Å². The van der Waals surface area contributed by atoms with Gasteiger partial charge < -0.3 is 0 Å². The number of hydrogen-bond acceptors (Lipinski definition) is 4. The van der Waals surface area contributed by atoms with Crippen molar-refractivity contribution in [3.05, 3.63) is 84.2 Å². The van der Waals surface area contributed by atoms with E-state index in [9.17, 15) is 13.2 Å². The monoisotopic (exact) mass is 381 g/mol. The zero-order chi connectivity index (χ0) is 19.4. The van der Waals surface area contributed by atoms with E-state index in [-0.39, 0.29) is 10.7 Å². The third-order valence-electron chi connectivity index (χ3n) is 3.95. The maximum atomic E-state index is 12.4. The molecule has 0 saturated heterocycles. The molecule has 0 aliphatic heterocycles. The maximum Gasteiger partial charge on any atom is 0.242 e. The van der Waals surface area contributed by atoms with Crippen molar-refractivity contribution >= 4 is 21.9 Å². The Bertz CT molecular complexity index is 1080. The largest absolute Gasteiger partial charge is 0.289 e. The fourth-order valence-corrected chi connectivity index (χ4v) is 3.38. The van der Waals surface area contributed by atoms with Gasteiger partial charge in [-0.25, -0.2) is 17.4 Å². The fraction of sp³-hybridized carbons (Fsp3) is 0.100. The average Bonchev–Trinajstić information content (AvgIpc) is 3.16. The summed E-state index contributed by atoms with van der Waals surface area (Å²) in [6.45, 7) is 0. The first-order valence-electron chi connectivity index (χ1n) is 8.23. The van der Waals surface area contributed by atoms with E-state index in [1.54, 1.807) is 29.1 Å². The van der Waals surface area contributed by atoms with Gasteiger partial charge in [-0.05, 0) is 36.4 Å². The molecule has 6 nitrogen and oxygen atoms in total. The van der Waals surface area contributed by atoms with Crippen LogP contribution in [0.3, 0.4) is 0 Å². The van der Waals surface area contributed by atoms with Gasteiger partial charge in [0.25, 0.3) is 0 Å². The first kappa shape index (κ1) is 18.8. The lowest BCUT2D eigenvalue weighted by Crippen LogP contribution is -2.22. The molecule has 0 aliphatic carbocycles. The van der Waals surface area contributed by atoms with Gasteiger partial charge in [0.1, 0.15) is 0 Å². The predicted molar refractivity (Wildman–Crippen MR) is 104 cm³/mol. The molecule has 138 valence electrons. The van der Waals surface area contributed by atoms with Crippen molar-refractivity contribution in [2.24, 2.45) is 0 Å². The SMILES string of the molecule is CN(C)S(=O)(=O)c1cccc(C(=O)/C=C/c2cnn(-c3ccccc3)c2)c1. The summed E-state index contributed by atoms with van der Waals surface area (Å²) in [5.74, 6) is -0.279. The van der Waals surface area contributed by atoms with Crippen LogP contribution < -0.4 is 0 Å². The van der Waals surface area contributed by atoms with Crippen molar-refractivity contribution in [3.63, 3.8) is 0 Å². The summed E-state index contributed by atoms with van der Waals surface area (Å²) in [6.07, 6.45) is 6.53. The maximum absolute atomic E-state index is 12.4. The Morgan fingerprint density at radius 1 is 1.07 bits per heavy atom. The van der Waals surface area contributed by atoms with Crippen molar-refractivity contribution in [1.29, 1.82) is 0 Å². The number of hydrogen-bond donors (Lipinski definition) is 0. The summed E-state index contributed by atoms with van der Waals surface area (Å²) in [7, 11) is -0.679. The van der Waals surface area contributed by atoms with E-state index in [2.05, 4.69) is 5.10 Å². The van der Waals surface area contributed by atoms with Crippen LogP contribution in [-0.4, -0.2) is 42.4 Å². The van der Waals surface area contributed by atoms with Gasteiger partial charge in [0.15, 0.2) is 5.78 Å². The van der Waals surface area contributed by atoms with E-state index in [4.69, 9.17) is 0 Å². The van der Waals surface area contributed by atoms with Crippen molar-refractivity contribution in [2.45, 2.75) is 4.90 Å². The minimum Gasteiger partial charge on any atom is -0.289 e. The molecule has 0 spiro atoms. The standard InChI is InChI=1S/C20H19N3O3S/c1-22(2)27(25,26)19-10-6-7-17(13-19)20(24)12-11-16-14-21-23(15-16)18-8-4-3-5-9-18/h3-15H,1-2H3/b12-11+. The van der Waals surface area contributed by atoms with E-state index in [0.29, 0.717) is 5.56 Å². The van der Waals surface area contributed by atoms with Gasteiger partial charge in [0.05, 0.1) is 16.8 Å². The van der Waals surface area contributed by atoms with Gasteiger partial charge in [-0.1, -0.05) is 30.3 Å². The number of carbonyl (C=O) groups excluding carboxylic acids is 1. The summed E-state index contributed by atoms with van der Waals surface area (Å²) >= 11 is 0. The highest BCUT2D eigenvalue weighted by Crippen LogP contribution is 2.16. The van der Waals surface area contributed by atoms with E-state index in [1.165, 1.54) is 32.3 Å². The molecule has 0 amide bonds. The minimum absolute atomic E-state index is 0.0867. The van der Waals surface area contributed by atoms with Gasteiger partial charge in [-0.3, -0.25) is 4.79 Å². The van der Waals surface area contributed by atoms with Crippen LogP contribution in [0.25, 0.3) is 11.8 Å². The zero-order valence-corrected chi connectivity index (χ0v) is 15.8. The third-order valence-corrected chi connectivity index (χ3v) is 5.76. The van der Waals surface area contributed by atoms with Gasteiger partial charge >= 0.3 is 0 Å². The van der Waals surface area contributed by atoms with Crippen molar-refractivity contribution in [1.82, 2.24) is 14.1 Å². The Balaban J connectivity index is 1.79. The fourth-order valence-electron chi connectivity index (χ4n) is 2.43. The molecule has 3 aromatic rings. The number of aromatic nitrogens is 2. The van der Waals surface area contributed by atoms with E-state index >= 15 is 0 Å². The smallest absolute Gasteiger partial charge is 0.242 e. The molecule has 2 aromatic carbocycles. The van der Waals surface area contributed by atoms with Crippen LogP contribution in [0.1, 0.15) is 15.9 Å². The second kappa shape index (κ2) is 7.69. The molecule has 0 N–H and O–H groups in total. The molecule has 0 saturated carbocycles. The van der Waals surface area contributed by atoms with Crippen LogP contribution in [0.15, 0.2) is 78.0 Å². The summed E-state index contributed by atoms with van der Waals surface area (Å²) in [5, 5.41) is 4.27. The van der Waals surface area contributed by atoms with E-state index in [0.717, 1.165) is 15.6 Å². The van der Waals surface area contributed by atoms with Crippen LogP contribution in [-0.2, 0) is 10.0 Å². The third kappa shape index (κ3) is 4.21. The molecule has 0 unspecified atom stereocenters. The lowest BCUT2D eigenvalue weighted by atomic mass is 10.1. The number of ketones is 1. The first-order valence-corrected chi connectivity index (χ1v) is 9.67. The molecule has 0 fully saturated rings. The average molecular weight is 381 g/mol. The van der Waals surface area contributed by atoms with Crippen molar-refractivity contribution in [2.75, 3.05) is 14.1 Å². The second-order valence-electron chi connectivity index (χ2n) is 6.07. The van der Waals surface area contributed by atoms with Crippen LogP contribution in [0.4, 0.5) is 0 Å². The Labute approximate surface area is 158 Å². The molecule has 0 bridgehead atoms. The first-order chi connectivity index (χ1) is 12.9. The number of para-hydroxylation sites is 1. The molecule has 0 aliphatic rings. The number of carbonyl (C=O) groups is 1. The molecule has 1 aromatic heterocycles. The van der Waals surface area contributed by atoms with Crippen LogP contribution in [0.5, 0.6) is 0 Å². The van der Waals surface area contributed by atoms with E-state index < -0.39 is 10.0 Å². The number of sulfonamides is 1. The summed E-state index contributed by atoms with van der Waals surface area (Å²) in [4.78, 5) is 12.5. The highest BCUT2D eigenvalue weighted by atomic mass is 32.2. The van der Waals surface area contributed by atoms with Gasteiger partial charge in [0.2, 0.25) is 10.0 Å². The number of allylic oxidation sites excluding steroid dienone is 1. The molecular weight excluding hydrogens is 362 g/mol. The second-order valence-corrected chi connectivity index (χ2v) is 8.22. The molecule has 0 atom stereocenters. The highest BCUT2D eigenvalue weighted by molar-refractivity contribution is 7.89. The summed E-state index contributed by atoms with van der Waals surface area (Å²) in [6, 6.07) is 15.6. The Hall–Kier alpha value is -3.03. The van der Waals surface area contributed by atoms with Gasteiger partial charge in [-0.2, -0.15) is 5.10 Å². The predicted octanol–water partition coefficient (Wildman–Crippen LogP) is 3.02. The zero-order valence-electron chi connectivity index (χ0n) is 15.0. The highest BCUT2D eigenvalue weighted by Gasteiger charge is 2.18. The quantitative estimate of drug-likeness (QED) is 0.486. The summed E-state index contributed by atoms with van der Waals surface area (Å²) in [5.41, 5.74) is 2.00. The Morgan fingerprint density at radius 3 is 2.52 bits per heavy atom. The Morgan fingerprint density at radius 2 is 1.81 bits per heavy atom. The minimum atomic E-state index is -3.58. The molecule has 27 heavy (non-hydrogen) atoms. The molecule has 3 rings (SSSR count). The van der Waals surface area contributed by atoms with Gasteiger partial charge in [0, 0.05) is 31.4 Å². The summed E-state index contributed by atoms with van der Waals surface area (Å²) < 4.78 is 27.3. The van der Waals surface area contributed by atoms with Crippen molar-refractivity contribution in [3.8, 4) is 5.69 Å². The number of benzene rings is 2. The molecule has 1 heterocycles. The van der Waals surface area contributed by atoms with Crippen molar-refractivity contribution < 1.29 is 13.2 Å². The van der Waals surface area contributed by atoms with Crippen LogP contribution in [0.2, 0.25) is 0 Å². The lowest BCUT2D eigenvalue weighted by Gasteiger charge is -2.11. The van der Waals surface area contributed by atoms with Crippen LogP contribution >= 0.6 is 0 Å². The number of nitrogens with zero attached hydrogens (tertiary/aromatic N) is 3. The normalized spacial score (nSPS) is 12.0. The lowest BCUT2D eigenvalue weighted by molar-refractivity contribution is 0.104. The number of rotatable bonds is 6. The molecular formula is C20H19N3O3S.